The summed E-state index contributed by atoms with van der Waals surface area (Å²) in [6.45, 7) is 5.10. The fourth-order valence-electron chi connectivity index (χ4n) is 3.17. The van der Waals surface area contributed by atoms with Gasteiger partial charge in [-0.15, -0.1) is 0 Å². The van der Waals surface area contributed by atoms with E-state index in [9.17, 15) is 9.59 Å². The van der Waals surface area contributed by atoms with Crippen LogP contribution in [0.1, 0.15) is 25.8 Å². The lowest BCUT2D eigenvalue weighted by Gasteiger charge is -2.29. The monoisotopic (exact) mass is 410 g/mol. The first-order valence-corrected chi connectivity index (χ1v) is 9.92. The fraction of sp³-hybridized carbons (Fsp3) is 0.304. The minimum absolute atomic E-state index is 0.00385. The highest BCUT2D eigenvalue weighted by atomic mass is 16.5. The number of ether oxygens (including phenoxy) is 3. The third-order valence-corrected chi connectivity index (χ3v) is 4.53. The number of hydrogen-bond donors (Lipinski definition) is 1. The van der Waals surface area contributed by atoms with Crippen molar-refractivity contribution in [3.05, 3.63) is 48.0 Å². The summed E-state index contributed by atoms with van der Waals surface area (Å²) in [4.78, 5) is 26.1. The van der Waals surface area contributed by atoms with Gasteiger partial charge in [0, 0.05) is 24.4 Å². The third kappa shape index (κ3) is 4.92. The van der Waals surface area contributed by atoms with Gasteiger partial charge in [-0.25, -0.2) is 0 Å². The summed E-state index contributed by atoms with van der Waals surface area (Å²) in [6, 6.07) is 10.7. The smallest absolute Gasteiger partial charge is 0.265 e. The highest BCUT2D eigenvalue weighted by Crippen LogP contribution is 2.34. The van der Waals surface area contributed by atoms with Crippen LogP contribution in [0.2, 0.25) is 0 Å². The molecule has 7 nitrogen and oxygen atoms in total. The second-order valence-corrected chi connectivity index (χ2v) is 6.68. The molecule has 1 aliphatic rings. The lowest BCUT2D eigenvalue weighted by atomic mass is 10.1. The average Bonchev–Trinajstić information content (AvgIpc) is 2.75. The number of hydrogen-bond acceptors (Lipinski definition) is 5. The van der Waals surface area contributed by atoms with Gasteiger partial charge in [0.15, 0.2) is 18.1 Å². The highest BCUT2D eigenvalue weighted by molar-refractivity contribution is 6.03. The molecular weight excluding hydrogens is 384 g/mol. The Balaban J connectivity index is 1.69. The number of fused-ring (bicyclic) bond motifs is 1. The molecule has 2 amide bonds. The molecule has 0 saturated carbocycles. The molecule has 0 radical (unpaired) electrons. The summed E-state index contributed by atoms with van der Waals surface area (Å²) in [6.07, 6.45) is 4.00. The van der Waals surface area contributed by atoms with Crippen molar-refractivity contribution in [3.8, 4) is 17.2 Å². The number of benzene rings is 2. The van der Waals surface area contributed by atoms with Crippen molar-refractivity contribution in [1.29, 1.82) is 0 Å². The summed E-state index contributed by atoms with van der Waals surface area (Å²) in [5.41, 5.74) is 2.13. The van der Waals surface area contributed by atoms with Crippen LogP contribution in [0, 0.1) is 0 Å². The van der Waals surface area contributed by atoms with Gasteiger partial charge in [-0.1, -0.05) is 13.0 Å². The van der Waals surface area contributed by atoms with E-state index in [4.69, 9.17) is 14.2 Å². The van der Waals surface area contributed by atoms with Gasteiger partial charge >= 0.3 is 0 Å². The molecule has 0 fully saturated rings. The van der Waals surface area contributed by atoms with E-state index in [1.807, 2.05) is 26.0 Å². The summed E-state index contributed by atoms with van der Waals surface area (Å²) in [7, 11) is 1.57. The molecule has 1 aliphatic heterocycles. The van der Waals surface area contributed by atoms with Crippen LogP contribution in [0.4, 0.5) is 11.4 Å². The second kappa shape index (κ2) is 9.82. The number of anilines is 2. The molecule has 0 bridgehead atoms. The van der Waals surface area contributed by atoms with Gasteiger partial charge in [0.05, 0.1) is 19.4 Å². The molecule has 2 aromatic carbocycles. The Labute approximate surface area is 176 Å². The largest absolute Gasteiger partial charge is 0.493 e. The standard InChI is InChI=1S/C23H26N2O5/c1-4-12-25-18-9-8-17(14-20(18)30-15-23(25)27)24-22(26)11-7-16-6-10-19(29-5-2)21(13-16)28-3/h6-11,13-14H,4-5,12,15H2,1-3H3,(H,24,26)/b11-7+. The lowest BCUT2D eigenvalue weighted by molar-refractivity contribution is -0.121. The predicted octanol–water partition coefficient (Wildman–Crippen LogP) is 3.88. The maximum atomic E-state index is 12.3. The van der Waals surface area contributed by atoms with Crippen molar-refractivity contribution in [2.24, 2.45) is 0 Å². The van der Waals surface area contributed by atoms with Crippen LogP contribution in [-0.4, -0.2) is 38.7 Å². The molecule has 1 heterocycles. The number of carbonyl (C=O) groups is 2. The van der Waals surface area contributed by atoms with E-state index < -0.39 is 0 Å². The number of nitrogens with zero attached hydrogens (tertiary/aromatic N) is 1. The topological polar surface area (TPSA) is 77.1 Å². The van der Waals surface area contributed by atoms with Crippen LogP contribution >= 0.6 is 0 Å². The molecule has 2 aromatic rings. The zero-order valence-electron chi connectivity index (χ0n) is 17.4. The summed E-state index contributed by atoms with van der Waals surface area (Å²) in [5.74, 6) is 1.51. The van der Waals surface area contributed by atoms with Gasteiger partial charge in [-0.2, -0.15) is 0 Å². The Bertz CT molecular complexity index is 955. The van der Waals surface area contributed by atoms with E-state index in [0.717, 1.165) is 17.7 Å². The first-order chi connectivity index (χ1) is 14.5. The first kappa shape index (κ1) is 21.2. The van der Waals surface area contributed by atoms with E-state index in [1.165, 1.54) is 6.08 Å². The maximum Gasteiger partial charge on any atom is 0.265 e. The minimum atomic E-state index is -0.278. The molecule has 3 rings (SSSR count). The van der Waals surface area contributed by atoms with Crippen molar-refractivity contribution in [3.63, 3.8) is 0 Å². The van der Waals surface area contributed by atoms with Crippen LogP contribution in [-0.2, 0) is 9.59 Å². The predicted molar refractivity (Wildman–Crippen MR) is 116 cm³/mol. The average molecular weight is 410 g/mol. The van der Waals surface area contributed by atoms with Crippen LogP contribution in [0.3, 0.4) is 0 Å². The third-order valence-electron chi connectivity index (χ3n) is 4.53. The van der Waals surface area contributed by atoms with Gasteiger partial charge in [0.25, 0.3) is 5.91 Å². The zero-order chi connectivity index (χ0) is 21.5. The summed E-state index contributed by atoms with van der Waals surface area (Å²) < 4.78 is 16.4. The SMILES string of the molecule is CCCN1C(=O)COc2cc(NC(=O)/C=C/c3ccc(OCC)c(OC)c3)ccc21. The van der Waals surface area contributed by atoms with Crippen molar-refractivity contribution in [2.75, 3.05) is 37.1 Å². The van der Waals surface area contributed by atoms with Crippen LogP contribution < -0.4 is 24.4 Å². The molecule has 1 N–H and O–H groups in total. The fourth-order valence-corrected chi connectivity index (χ4v) is 3.17. The van der Waals surface area contributed by atoms with Gasteiger partial charge in [0.1, 0.15) is 5.75 Å². The van der Waals surface area contributed by atoms with E-state index in [1.54, 1.807) is 42.4 Å². The normalized spacial score (nSPS) is 13.0. The minimum Gasteiger partial charge on any atom is -0.493 e. The van der Waals surface area contributed by atoms with Crippen molar-refractivity contribution < 1.29 is 23.8 Å². The van der Waals surface area contributed by atoms with E-state index >= 15 is 0 Å². The highest BCUT2D eigenvalue weighted by Gasteiger charge is 2.25. The van der Waals surface area contributed by atoms with E-state index in [-0.39, 0.29) is 18.4 Å². The summed E-state index contributed by atoms with van der Waals surface area (Å²) in [5, 5.41) is 2.82. The Hall–Kier alpha value is -3.48. The Morgan fingerprint density at radius 1 is 1.20 bits per heavy atom. The molecular formula is C23H26N2O5. The molecule has 30 heavy (non-hydrogen) atoms. The Morgan fingerprint density at radius 2 is 2.03 bits per heavy atom. The molecule has 0 unspecified atom stereocenters. The molecule has 0 atom stereocenters. The number of nitrogens with one attached hydrogen (secondary N) is 1. The van der Waals surface area contributed by atoms with E-state index in [0.29, 0.717) is 36.1 Å². The molecule has 7 heteroatoms. The zero-order valence-corrected chi connectivity index (χ0v) is 17.4. The molecule has 0 aliphatic carbocycles. The lowest BCUT2D eigenvalue weighted by Crippen LogP contribution is -2.39. The first-order valence-electron chi connectivity index (χ1n) is 9.92. The number of carbonyl (C=O) groups excluding carboxylic acids is 2. The Morgan fingerprint density at radius 3 is 2.77 bits per heavy atom. The molecule has 0 spiro atoms. The van der Waals surface area contributed by atoms with Gasteiger partial charge in [-0.3, -0.25) is 9.59 Å². The quantitative estimate of drug-likeness (QED) is 0.669. The summed E-state index contributed by atoms with van der Waals surface area (Å²) >= 11 is 0. The van der Waals surface area contributed by atoms with Gasteiger partial charge in [0.2, 0.25) is 5.91 Å². The maximum absolute atomic E-state index is 12.3. The van der Waals surface area contributed by atoms with Gasteiger partial charge in [-0.05, 0) is 49.2 Å². The van der Waals surface area contributed by atoms with Crippen LogP contribution in [0.25, 0.3) is 6.08 Å². The van der Waals surface area contributed by atoms with Crippen molar-refractivity contribution in [2.45, 2.75) is 20.3 Å². The Kier molecular flexibility index (Phi) is 6.95. The number of amides is 2. The van der Waals surface area contributed by atoms with Crippen LogP contribution in [0.5, 0.6) is 17.2 Å². The number of rotatable bonds is 8. The second-order valence-electron chi connectivity index (χ2n) is 6.68. The van der Waals surface area contributed by atoms with Crippen molar-refractivity contribution >= 4 is 29.3 Å². The molecule has 0 aromatic heterocycles. The van der Waals surface area contributed by atoms with Gasteiger partial charge < -0.3 is 24.4 Å². The van der Waals surface area contributed by atoms with Crippen LogP contribution in [0.15, 0.2) is 42.5 Å². The van der Waals surface area contributed by atoms with Crippen molar-refractivity contribution in [1.82, 2.24) is 0 Å². The van der Waals surface area contributed by atoms with E-state index in [2.05, 4.69) is 5.32 Å². The molecule has 0 saturated heterocycles. The molecule has 158 valence electrons. The number of methoxy groups -OCH3 is 1.